The topological polar surface area (TPSA) is 160 Å². The summed E-state index contributed by atoms with van der Waals surface area (Å²) in [6, 6.07) is 13.1. The molecular weight excluding hydrogens is 721 g/mol. The molecule has 9 atom stereocenters. The number of rotatable bonds is 13. The number of piperidine rings is 1. The van der Waals surface area contributed by atoms with Crippen molar-refractivity contribution in [1.82, 2.24) is 10.6 Å². The first-order valence-corrected chi connectivity index (χ1v) is 21.3. The number of fused-ring (bicyclic) bond motifs is 6. The lowest BCUT2D eigenvalue weighted by atomic mass is 9.48. The van der Waals surface area contributed by atoms with Gasteiger partial charge in [-0.05, 0) is 117 Å². The minimum atomic E-state index is -1.06. The van der Waals surface area contributed by atoms with Crippen LogP contribution >= 0.6 is 0 Å². The maximum absolute atomic E-state index is 13.9. The molecule has 0 bridgehead atoms. The molecular formula is C46H56N4O7. The SMILES string of the molecule is C[C@]12C=CC(=O)N[C@@H]1CC[C@@H]1[C@@H]2CC[C@]2(C)[C@@H](C(=O)Nc3cccc(OCCCCCCCNc4ccc5c(c4)C(=O)C(C4CCC(=O)NC4=O)C5=O)c3)CC[C@@H]12. The van der Waals surface area contributed by atoms with Crippen LogP contribution in [0.2, 0.25) is 0 Å². The molecule has 0 aromatic heterocycles. The van der Waals surface area contributed by atoms with E-state index in [1.807, 2.05) is 24.3 Å². The van der Waals surface area contributed by atoms with Gasteiger partial charge in [-0.25, -0.2) is 0 Å². The van der Waals surface area contributed by atoms with Gasteiger partial charge in [0, 0.05) is 58.9 Å². The third-order valence-electron chi connectivity index (χ3n) is 14.8. The molecule has 4 N–H and O–H groups in total. The van der Waals surface area contributed by atoms with E-state index >= 15 is 0 Å². The summed E-state index contributed by atoms with van der Waals surface area (Å²) >= 11 is 0. The normalized spacial score (nSPS) is 32.7. The third kappa shape index (κ3) is 7.42. The van der Waals surface area contributed by atoms with Gasteiger partial charge in [0.15, 0.2) is 11.6 Å². The van der Waals surface area contributed by atoms with Crippen molar-refractivity contribution >= 4 is 46.6 Å². The van der Waals surface area contributed by atoms with Crippen LogP contribution in [0.3, 0.4) is 0 Å². The molecule has 4 fully saturated rings. The maximum Gasteiger partial charge on any atom is 0.243 e. The molecule has 2 aromatic rings. The fourth-order valence-electron chi connectivity index (χ4n) is 11.8. The van der Waals surface area contributed by atoms with E-state index in [-0.39, 0.29) is 64.9 Å². The van der Waals surface area contributed by atoms with Crippen molar-refractivity contribution in [2.75, 3.05) is 23.8 Å². The van der Waals surface area contributed by atoms with E-state index in [1.165, 1.54) is 0 Å². The second-order valence-electron chi connectivity index (χ2n) is 18.0. The lowest BCUT2D eigenvalue weighted by Gasteiger charge is -2.58. The Hall–Kier alpha value is -4.80. The smallest absolute Gasteiger partial charge is 0.243 e. The van der Waals surface area contributed by atoms with E-state index in [9.17, 15) is 28.8 Å². The van der Waals surface area contributed by atoms with Gasteiger partial charge in [0.1, 0.15) is 5.75 Å². The molecule has 2 aromatic carbocycles. The molecule has 11 heteroatoms. The predicted octanol–water partition coefficient (Wildman–Crippen LogP) is 7.03. The van der Waals surface area contributed by atoms with Gasteiger partial charge in [-0.1, -0.05) is 45.3 Å². The highest BCUT2D eigenvalue weighted by molar-refractivity contribution is 6.28. The van der Waals surface area contributed by atoms with Crippen molar-refractivity contribution in [2.24, 2.45) is 46.3 Å². The van der Waals surface area contributed by atoms with E-state index in [2.05, 4.69) is 41.2 Å². The fourth-order valence-corrected chi connectivity index (χ4v) is 11.8. The van der Waals surface area contributed by atoms with Gasteiger partial charge >= 0.3 is 0 Å². The number of anilines is 2. The first kappa shape index (κ1) is 39.0. The summed E-state index contributed by atoms with van der Waals surface area (Å²) in [4.78, 5) is 76.1. The van der Waals surface area contributed by atoms with Gasteiger partial charge in [-0.3, -0.25) is 34.1 Å². The Morgan fingerprint density at radius 3 is 2.47 bits per heavy atom. The molecule has 302 valence electrons. The Morgan fingerprint density at radius 2 is 1.63 bits per heavy atom. The molecule has 3 saturated carbocycles. The minimum absolute atomic E-state index is 0.00846. The highest BCUT2D eigenvalue weighted by Crippen LogP contribution is 2.65. The summed E-state index contributed by atoms with van der Waals surface area (Å²) in [5, 5.41) is 12.1. The van der Waals surface area contributed by atoms with E-state index in [1.54, 1.807) is 24.3 Å². The van der Waals surface area contributed by atoms with Crippen LogP contribution in [0.15, 0.2) is 54.6 Å². The van der Waals surface area contributed by atoms with Crippen LogP contribution in [0.5, 0.6) is 5.75 Å². The van der Waals surface area contributed by atoms with Gasteiger partial charge in [0.2, 0.25) is 23.6 Å². The first-order chi connectivity index (χ1) is 27.5. The lowest BCUT2D eigenvalue weighted by molar-refractivity contribution is -0.137. The van der Waals surface area contributed by atoms with Crippen LogP contribution in [0.25, 0.3) is 0 Å². The highest BCUT2D eigenvalue weighted by Gasteiger charge is 2.61. The lowest BCUT2D eigenvalue weighted by Crippen LogP contribution is -2.59. The van der Waals surface area contributed by atoms with E-state index in [0.717, 1.165) is 94.3 Å². The van der Waals surface area contributed by atoms with Crippen molar-refractivity contribution in [3.05, 3.63) is 65.7 Å². The third-order valence-corrected chi connectivity index (χ3v) is 14.8. The van der Waals surface area contributed by atoms with Crippen LogP contribution in [0, 0.1) is 46.3 Å². The average molecular weight is 777 g/mol. The van der Waals surface area contributed by atoms with Crippen LogP contribution < -0.4 is 26.0 Å². The molecule has 8 rings (SSSR count). The largest absolute Gasteiger partial charge is 0.494 e. The second kappa shape index (κ2) is 15.9. The highest BCUT2D eigenvalue weighted by atomic mass is 16.5. The van der Waals surface area contributed by atoms with Crippen molar-refractivity contribution in [3.63, 3.8) is 0 Å². The first-order valence-electron chi connectivity index (χ1n) is 21.3. The zero-order chi connectivity index (χ0) is 39.9. The molecule has 11 nitrogen and oxygen atoms in total. The molecule has 1 saturated heterocycles. The Bertz CT molecular complexity index is 1990. The van der Waals surface area contributed by atoms with Gasteiger partial charge < -0.3 is 20.7 Å². The molecule has 0 radical (unpaired) electrons. The average Bonchev–Trinajstić information content (AvgIpc) is 3.67. The van der Waals surface area contributed by atoms with E-state index < -0.39 is 17.7 Å². The maximum atomic E-state index is 13.9. The number of benzene rings is 2. The van der Waals surface area contributed by atoms with Gasteiger partial charge in [0.05, 0.1) is 18.4 Å². The summed E-state index contributed by atoms with van der Waals surface area (Å²) in [5.41, 5.74) is 2.20. The van der Waals surface area contributed by atoms with Crippen molar-refractivity contribution in [3.8, 4) is 5.75 Å². The minimum Gasteiger partial charge on any atom is -0.494 e. The second-order valence-corrected chi connectivity index (χ2v) is 18.0. The van der Waals surface area contributed by atoms with Crippen LogP contribution in [0.4, 0.5) is 11.4 Å². The summed E-state index contributed by atoms with van der Waals surface area (Å²) in [6.45, 7) is 6.02. The van der Waals surface area contributed by atoms with Crippen LogP contribution in [-0.4, -0.2) is 54.4 Å². The number of hydrogen-bond acceptors (Lipinski definition) is 8. The molecule has 2 aliphatic heterocycles. The summed E-state index contributed by atoms with van der Waals surface area (Å²) in [6.07, 6.45) is 15.5. The van der Waals surface area contributed by atoms with Crippen molar-refractivity contribution in [2.45, 2.75) is 103 Å². The number of carbonyl (C=O) groups excluding carboxylic acids is 6. The summed E-state index contributed by atoms with van der Waals surface area (Å²) in [7, 11) is 0. The Labute approximate surface area is 334 Å². The van der Waals surface area contributed by atoms with Crippen LogP contribution in [0.1, 0.15) is 118 Å². The molecule has 6 aliphatic rings. The number of ether oxygens (including phenoxy) is 1. The fraction of sp³-hybridized carbons (Fsp3) is 0.565. The van der Waals surface area contributed by atoms with Crippen molar-refractivity contribution < 1.29 is 33.5 Å². The number of ketones is 2. The number of amides is 4. The molecule has 2 unspecified atom stereocenters. The monoisotopic (exact) mass is 776 g/mol. The number of hydrogen-bond donors (Lipinski definition) is 4. The molecule has 57 heavy (non-hydrogen) atoms. The molecule has 2 heterocycles. The van der Waals surface area contributed by atoms with E-state index in [4.69, 9.17) is 4.74 Å². The number of imide groups is 1. The quantitative estimate of drug-likeness (QED) is 0.0959. The standard InChI is InChI=1S/C46H56N4O7/c1-45-21-19-35-31(13-17-37-46(35,2)22-20-39(52)49-37)34(45)15-16-36(45)44(56)48-28-9-8-10-29(25-28)57-24-7-5-3-4-6-23-47-27-11-12-30-33(26-27)42(54)40(41(30)53)32-14-18-38(51)50-43(32)55/h8-12,20,22,25-26,31-32,34-37,40,47H,3-7,13-19,21,23-24H2,1-2H3,(H,48,56)(H,49,52)(H,50,51,55)/t31-,32?,34-,35-,36+,37+,40?,45-,46+/m0/s1. The zero-order valence-electron chi connectivity index (χ0n) is 33.2. The number of carbonyl (C=O) groups is 6. The molecule has 0 spiro atoms. The van der Waals surface area contributed by atoms with Gasteiger partial charge in [0.25, 0.3) is 0 Å². The number of nitrogens with one attached hydrogen (secondary N) is 4. The summed E-state index contributed by atoms with van der Waals surface area (Å²) < 4.78 is 6.09. The number of unbranched alkanes of at least 4 members (excludes halogenated alkanes) is 4. The Morgan fingerprint density at radius 1 is 0.825 bits per heavy atom. The summed E-state index contributed by atoms with van der Waals surface area (Å²) in [5.74, 6) is -0.931. The van der Waals surface area contributed by atoms with Gasteiger partial charge in [-0.15, -0.1) is 0 Å². The van der Waals surface area contributed by atoms with Crippen molar-refractivity contribution in [1.29, 1.82) is 0 Å². The molecule has 4 amide bonds. The number of Topliss-reactive ketones (excluding diaryl/α,β-unsaturated/α-hetero) is 2. The van der Waals surface area contributed by atoms with Crippen LogP contribution in [-0.2, 0) is 19.2 Å². The molecule has 4 aliphatic carbocycles. The zero-order valence-corrected chi connectivity index (χ0v) is 33.2. The van der Waals surface area contributed by atoms with Gasteiger partial charge in [-0.2, -0.15) is 0 Å². The Kier molecular flexibility index (Phi) is 10.9. The predicted molar refractivity (Wildman–Crippen MR) is 216 cm³/mol. The van der Waals surface area contributed by atoms with E-state index in [0.29, 0.717) is 35.5 Å². The Balaban J connectivity index is 0.739.